The lowest BCUT2D eigenvalue weighted by atomic mass is 10.1. The van der Waals surface area contributed by atoms with Crippen LogP contribution in [0.15, 0.2) is 18.2 Å². The highest BCUT2D eigenvalue weighted by Crippen LogP contribution is 2.17. The molecule has 0 aliphatic heterocycles. The fourth-order valence-electron chi connectivity index (χ4n) is 1.06. The van der Waals surface area contributed by atoms with Gasteiger partial charge in [-0.2, -0.15) is 0 Å². The van der Waals surface area contributed by atoms with Gasteiger partial charge in [0.2, 0.25) is 0 Å². The molecule has 1 aromatic rings. The van der Waals surface area contributed by atoms with E-state index in [2.05, 4.69) is 16.6 Å². The summed E-state index contributed by atoms with van der Waals surface area (Å²) in [6.45, 7) is 1.93. The molecule has 1 rings (SSSR count). The molecule has 5 heteroatoms. The Balaban J connectivity index is 2.91. The van der Waals surface area contributed by atoms with E-state index in [1.807, 2.05) is 0 Å². The van der Waals surface area contributed by atoms with Crippen LogP contribution in [0, 0.1) is 11.8 Å². The van der Waals surface area contributed by atoms with Crippen molar-refractivity contribution in [2.24, 2.45) is 0 Å². The minimum Gasteiger partial charge on any atom is -0.478 e. The van der Waals surface area contributed by atoms with Gasteiger partial charge in [-0.15, -0.1) is 0 Å². The topological polar surface area (TPSA) is 63.6 Å². The quantitative estimate of drug-likeness (QED) is 0.645. The first kappa shape index (κ1) is 13.1. The van der Waals surface area contributed by atoms with Crippen LogP contribution < -0.4 is 0 Å². The molecule has 0 saturated heterocycles. The van der Waals surface area contributed by atoms with Crippen molar-refractivity contribution in [3.63, 3.8) is 0 Å². The van der Waals surface area contributed by atoms with Crippen LogP contribution in [0.5, 0.6) is 0 Å². The minimum atomic E-state index is -1.11. The second kappa shape index (κ2) is 5.92. The van der Waals surface area contributed by atoms with Crippen molar-refractivity contribution >= 4 is 23.5 Å². The average molecular weight is 253 g/mol. The molecule has 0 heterocycles. The van der Waals surface area contributed by atoms with Crippen LogP contribution in [0.25, 0.3) is 0 Å². The smallest absolute Gasteiger partial charge is 0.384 e. The SMILES string of the molecule is CCOC(=O)C#Cc1ccc(C(=O)O)c(Cl)c1. The van der Waals surface area contributed by atoms with Crippen molar-refractivity contribution in [3.05, 3.63) is 34.3 Å². The highest BCUT2D eigenvalue weighted by Gasteiger charge is 2.07. The van der Waals surface area contributed by atoms with Crippen LogP contribution in [0.3, 0.4) is 0 Å². The lowest BCUT2D eigenvalue weighted by Gasteiger charge is -1.98. The standard InChI is InChI=1S/C12H9ClO4/c1-2-17-11(14)6-4-8-3-5-9(12(15)16)10(13)7-8/h3,5,7H,2H2,1H3,(H,15,16). The van der Waals surface area contributed by atoms with E-state index in [9.17, 15) is 9.59 Å². The minimum absolute atomic E-state index is 0.00616. The van der Waals surface area contributed by atoms with E-state index in [0.29, 0.717) is 5.56 Å². The number of carbonyl (C=O) groups excluding carboxylic acids is 1. The molecule has 0 fully saturated rings. The third-order valence-corrected chi connectivity index (χ3v) is 2.10. The maximum Gasteiger partial charge on any atom is 0.384 e. The van der Waals surface area contributed by atoms with E-state index >= 15 is 0 Å². The van der Waals surface area contributed by atoms with E-state index in [0.717, 1.165) is 0 Å². The van der Waals surface area contributed by atoms with Gasteiger partial charge >= 0.3 is 11.9 Å². The third-order valence-electron chi connectivity index (χ3n) is 1.78. The van der Waals surface area contributed by atoms with Crippen molar-refractivity contribution in [2.45, 2.75) is 6.92 Å². The molecule has 0 aliphatic carbocycles. The average Bonchev–Trinajstić information content (AvgIpc) is 2.26. The van der Waals surface area contributed by atoms with Gasteiger partial charge in [-0.05, 0) is 25.1 Å². The Morgan fingerprint density at radius 2 is 2.18 bits per heavy atom. The number of halogens is 1. The number of hydrogen-bond donors (Lipinski definition) is 1. The molecule has 0 amide bonds. The number of hydrogen-bond acceptors (Lipinski definition) is 3. The molecule has 0 spiro atoms. The van der Waals surface area contributed by atoms with Gasteiger partial charge in [0.25, 0.3) is 0 Å². The first-order chi connectivity index (χ1) is 8.04. The van der Waals surface area contributed by atoms with Crippen LogP contribution in [-0.2, 0) is 9.53 Å². The van der Waals surface area contributed by atoms with Crippen molar-refractivity contribution in [1.29, 1.82) is 0 Å². The molecule has 17 heavy (non-hydrogen) atoms. The van der Waals surface area contributed by atoms with Crippen molar-refractivity contribution < 1.29 is 19.4 Å². The second-order valence-electron chi connectivity index (χ2n) is 2.97. The molecule has 88 valence electrons. The monoisotopic (exact) mass is 252 g/mol. The Labute approximate surface area is 103 Å². The highest BCUT2D eigenvalue weighted by atomic mass is 35.5. The molecule has 1 N–H and O–H groups in total. The first-order valence-electron chi connectivity index (χ1n) is 4.76. The molecule has 0 saturated carbocycles. The zero-order chi connectivity index (χ0) is 12.8. The maximum absolute atomic E-state index is 11.0. The molecule has 0 bridgehead atoms. The van der Waals surface area contributed by atoms with E-state index in [1.165, 1.54) is 18.2 Å². The molecule has 4 nitrogen and oxygen atoms in total. The van der Waals surface area contributed by atoms with Crippen molar-refractivity contribution in [3.8, 4) is 11.8 Å². The van der Waals surface area contributed by atoms with E-state index in [1.54, 1.807) is 6.92 Å². The zero-order valence-electron chi connectivity index (χ0n) is 8.99. The first-order valence-corrected chi connectivity index (χ1v) is 5.14. The number of carboxylic acid groups (broad SMARTS) is 1. The lowest BCUT2D eigenvalue weighted by Crippen LogP contribution is -2.00. The Hall–Kier alpha value is -1.99. The second-order valence-corrected chi connectivity index (χ2v) is 3.38. The number of aromatic carboxylic acids is 1. The van der Waals surface area contributed by atoms with Crippen LogP contribution in [0.1, 0.15) is 22.8 Å². The van der Waals surface area contributed by atoms with Gasteiger partial charge < -0.3 is 9.84 Å². The molecule has 0 radical (unpaired) electrons. The van der Waals surface area contributed by atoms with Crippen molar-refractivity contribution in [2.75, 3.05) is 6.61 Å². The van der Waals surface area contributed by atoms with E-state index in [-0.39, 0.29) is 17.2 Å². The summed E-state index contributed by atoms with van der Waals surface area (Å²) in [7, 11) is 0. The summed E-state index contributed by atoms with van der Waals surface area (Å²) in [5.74, 6) is 3.05. The fraction of sp³-hybridized carbons (Fsp3) is 0.167. The van der Waals surface area contributed by atoms with Crippen LogP contribution >= 0.6 is 11.6 Å². The number of ether oxygens (including phenoxy) is 1. The Morgan fingerprint density at radius 1 is 1.47 bits per heavy atom. The number of esters is 1. The lowest BCUT2D eigenvalue weighted by molar-refractivity contribution is -0.136. The predicted molar refractivity (Wildman–Crippen MR) is 61.9 cm³/mol. The number of carbonyl (C=O) groups is 2. The predicted octanol–water partition coefficient (Wildman–Crippen LogP) is 1.95. The summed E-state index contributed by atoms with van der Waals surface area (Å²) in [5, 5.41) is 8.83. The van der Waals surface area contributed by atoms with E-state index < -0.39 is 11.9 Å². The molecule has 0 unspecified atom stereocenters. The molecule has 0 aliphatic rings. The van der Waals surface area contributed by atoms with Gasteiger partial charge in [0.05, 0.1) is 17.2 Å². The zero-order valence-corrected chi connectivity index (χ0v) is 9.75. The summed E-state index contributed by atoms with van der Waals surface area (Å²) in [6.07, 6.45) is 0. The molecular weight excluding hydrogens is 244 g/mol. The summed E-state index contributed by atoms with van der Waals surface area (Å²) in [4.78, 5) is 21.6. The number of benzene rings is 1. The summed E-state index contributed by atoms with van der Waals surface area (Å²) >= 11 is 5.74. The number of carboxylic acids is 1. The molecule has 0 atom stereocenters. The Kier molecular flexibility index (Phi) is 4.56. The van der Waals surface area contributed by atoms with Crippen LogP contribution in [-0.4, -0.2) is 23.7 Å². The van der Waals surface area contributed by atoms with Gasteiger partial charge in [0, 0.05) is 11.5 Å². The molecular formula is C12H9ClO4. The van der Waals surface area contributed by atoms with Gasteiger partial charge in [0.15, 0.2) is 0 Å². The van der Waals surface area contributed by atoms with Crippen LogP contribution in [0.2, 0.25) is 5.02 Å². The molecule has 1 aromatic carbocycles. The van der Waals surface area contributed by atoms with Gasteiger partial charge in [-0.1, -0.05) is 17.5 Å². The summed E-state index contributed by atoms with van der Waals surface area (Å²) < 4.78 is 4.62. The normalized spacial score (nSPS) is 9.06. The Morgan fingerprint density at radius 3 is 2.71 bits per heavy atom. The number of rotatable bonds is 2. The summed E-state index contributed by atoms with van der Waals surface area (Å²) in [6, 6.07) is 4.19. The third kappa shape index (κ3) is 3.82. The Bertz CT molecular complexity index is 511. The van der Waals surface area contributed by atoms with Gasteiger partial charge in [0.1, 0.15) is 0 Å². The van der Waals surface area contributed by atoms with E-state index in [4.69, 9.17) is 16.7 Å². The fourth-order valence-corrected chi connectivity index (χ4v) is 1.32. The van der Waals surface area contributed by atoms with Crippen LogP contribution in [0.4, 0.5) is 0 Å². The largest absolute Gasteiger partial charge is 0.478 e. The van der Waals surface area contributed by atoms with Gasteiger partial charge in [-0.3, -0.25) is 0 Å². The van der Waals surface area contributed by atoms with Gasteiger partial charge in [-0.25, -0.2) is 9.59 Å². The highest BCUT2D eigenvalue weighted by molar-refractivity contribution is 6.33. The van der Waals surface area contributed by atoms with Crippen molar-refractivity contribution in [1.82, 2.24) is 0 Å². The maximum atomic E-state index is 11.0. The molecule has 0 aromatic heterocycles. The summed E-state index contributed by atoms with van der Waals surface area (Å²) in [5.41, 5.74) is 0.446.